The lowest BCUT2D eigenvalue weighted by Crippen LogP contribution is -2.42. The first-order valence-electron chi connectivity index (χ1n) is 8.12. The average Bonchev–Trinajstić information content (AvgIpc) is 3.23. The van der Waals surface area contributed by atoms with Crippen LogP contribution in [0.4, 0.5) is 4.39 Å². The molecular weight excluding hydrogens is 351 g/mol. The first kappa shape index (κ1) is 17.8. The van der Waals surface area contributed by atoms with Gasteiger partial charge in [-0.1, -0.05) is 12.1 Å². The number of nitrogens with one attached hydrogen (secondary N) is 1. The molecule has 136 valence electrons. The van der Waals surface area contributed by atoms with E-state index in [4.69, 9.17) is 4.74 Å². The van der Waals surface area contributed by atoms with Crippen molar-refractivity contribution < 1.29 is 27.1 Å². The Labute approximate surface area is 145 Å². The van der Waals surface area contributed by atoms with Crippen LogP contribution in [0.15, 0.2) is 29.2 Å². The molecule has 9 heteroatoms. The Kier molecular flexibility index (Phi) is 5.05. The third-order valence-electron chi connectivity index (χ3n) is 4.19. The van der Waals surface area contributed by atoms with E-state index in [1.807, 2.05) is 0 Å². The number of sulfonamides is 1. The molecule has 3 rings (SSSR count). The van der Waals surface area contributed by atoms with Gasteiger partial charge in [-0.15, -0.1) is 0 Å². The van der Waals surface area contributed by atoms with Gasteiger partial charge < -0.3 is 10.1 Å². The Hall–Kier alpha value is -2.00. The number of benzene rings is 1. The number of rotatable bonds is 6. The number of carbonyl (C=O) groups excluding carboxylic acids is 2. The molecule has 1 amide bonds. The fourth-order valence-corrected chi connectivity index (χ4v) is 4.49. The van der Waals surface area contributed by atoms with Crippen molar-refractivity contribution in [2.45, 2.75) is 42.7 Å². The Morgan fingerprint density at radius 1 is 1.24 bits per heavy atom. The van der Waals surface area contributed by atoms with Crippen molar-refractivity contribution in [3.63, 3.8) is 0 Å². The van der Waals surface area contributed by atoms with Crippen LogP contribution >= 0.6 is 0 Å². The van der Waals surface area contributed by atoms with Gasteiger partial charge >= 0.3 is 5.97 Å². The van der Waals surface area contributed by atoms with Gasteiger partial charge in [-0.3, -0.25) is 9.59 Å². The van der Waals surface area contributed by atoms with Gasteiger partial charge in [0, 0.05) is 12.6 Å². The fraction of sp³-hybridized carbons (Fsp3) is 0.500. The van der Waals surface area contributed by atoms with E-state index in [1.165, 1.54) is 12.1 Å². The van der Waals surface area contributed by atoms with Gasteiger partial charge in [0.15, 0.2) is 6.61 Å². The SMILES string of the molecule is O=C(COC(=O)[C@@H]1CCCN1S(=O)(=O)c1ccccc1F)NC1CC1. The maximum absolute atomic E-state index is 13.9. The van der Waals surface area contributed by atoms with Gasteiger partial charge in [-0.25, -0.2) is 12.8 Å². The maximum atomic E-state index is 13.9. The minimum Gasteiger partial charge on any atom is -0.454 e. The van der Waals surface area contributed by atoms with Crippen LogP contribution in [0.25, 0.3) is 0 Å². The van der Waals surface area contributed by atoms with Crippen molar-refractivity contribution in [2.24, 2.45) is 0 Å². The summed E-state index contributed by atoms with van der Waals surface area (Å²) in [6.45, 7) is -0.343. The predicted molar refractivity (Wildman–Crippen MR) is 85.4 cm³/mol. The number of hydrogen-bond acceptors (Lipinski definition) is 5. The van der Waals surface area contributed by atoms with Crippen LogP contribution in [-0.4, -0.2) is 49.8 Å². The first-order chi connectivity index (χ1) is 11.9. The molecule has 1 N–H and O–H groups in total. The van der Waals surface area contributed by atoms with E-state index in [0.717, 1.165) is 29.3 Å². The second-order valence-electron chi connectivity index (χ2n) is 6.15. The Balaban J connectivity index is 1.68. The zero-order chi connectivity index (χ0) is 18.0. The van der Waals surface area contributed by atoms with E-state index in [9.17, 15) is 22.4 Å². The second-order valence-corrected chi connectivity index (χ2v) is 8.01. The van der Waals surface area contributed by atoms with Crippen LogP contribution in [0.1, 0.15) is 25.7 Å². The smallest absolute Gasteiger partial charge is 0.324 e. The molecule has 1 atom stereocenters. The molecule has 0 radical (unpaired) electrons. The van der Waals surface area contributed by atoms with Crippen LogP contribution in [0.5, 0.6) is 0 Å². The lowest BCUT2D eigenvalue weighted by atomic mass is 10.2. The number of halogens is 1. The lowest BCUT2D eigenvalue weighted by Gasteiger charge is -2.22. The average molecular weight is 370 g/mol. The molecule has 0 unspecified atom stereocenters. The number of nitrogens with zero attached hydrogens (tertiary/aromatic N) is 1. The van der Waals surface area contributed by atoms with Crippen LogP contribution in [0.3, 0.4) is 0 Å². The topological polar surface area (TPSA) is 92.8 Å². The standard InChI is InChI=1S/C16H19FN2O5S/c17-12-4-1-2-6-14(12)25(22,23)19-9-3-5-13(19)16(21)24-10-15(20)18-11-7-8-11/h1-2,4,6,11,13H,3,5,7-10H2,(H,18,20)/t13-/m0/s1. The van der Waals surface area contributed by atoms with Gasteiger partial charge in [0.25, 0.3) is 5.91 Å². The van der Waals surface area contributed by atoms with Crippen LogP contribution in [0, 0.1) is 5.82 Å². The summed E-state index contributed by atoms with van der Waals surface area (Å²) in [5.41, 5.74) is 0. The summed E-state index contributed by atoms with van der Waals surface area (Å²) in [7, 11) is -4.15. The molecule has 0 aromatic heterocycles. The third kappa shape index (κ3) is 3.98. The maximum Gasteiger partial charge on any atom is 0.324 e. The van der Waals surface area contributed by atoms with E-state index in [-0.39, 0.29) is 19.0 Å². The third-order valence-corrected chi connectivity index (χ3v) is 6.13. The first-order valence-corrected chi connectivity index (χ1v) is 9.56. The molecule has 1 aliphatic carbocycles. The van der Waals surface area contributed by atoms with Gasteiger partial charge in [-0.2, -0.15) is 4.31 Å². The van der Waals surface area contributed by atoms with Gasteiger partial charge in [0.05, 0.1) is 0 Å². The Bertz CT molecular complexity index is 778. The van der Waals surface area contributed by atoms with Gasteiger partial charge in [-0.05, 0) is 37.8 Å². The summed E-state index contributed by atoms with van der Waals surface area (Å²) < 4.78 is 45.1. The minimum atomic E-state index is -4.15. The van der Waals surface area contributed by atoms with Gasteiger partial charge in [0.2, 0.25) is 10.0 Å². The molecule has 2 aliphatic rings. The number of hydrogen-bond donors (Lipinski definition) is 1. The molecule has 2 fully saturated rings. The highest BCUT2D eigenvalue weighted by Crippen LogP contribution is 2.28. The molecule has 1 aliphatic heterocycles. The minimum absolute atomic E-state index is 0.102. The summed E-state index contributed by atoms with van der Waals surface area (Å²) in [4.78, 5) is 23.3. The molecule has 1 saturated carbocycles. The van der Waals surface area contributed by atoms with Crippen LogP contribution in [0.2, 0.25) is 0 Å². The van der Waals surface area contributed by atoms with Crippen molar-refractivity contribution in [1.82, 2.24) is 9.62 Å². The molecular formula is C16H19FN2O5S. The van der Waals surface area contributed by atoms with E-state index in [2.05, 4.69) is 5.32 Å². The largest absolute Gasteiger partial charge is 0.454 e. The number of amides is 1. The van der Waals surface area contributed by atoms with E-state index in [0.29, 0.717) is 6.42 Å². The molecule has 0 bridgehead atoms. The summed E-state index contributed by atoms with van der Waals surface area (Å²) in [6.07, 6.45) is 2.56. The molecule has 1 heterocycles. The number of ether oxygens (including phenoxy) is 1. The highest BCUT2D eigenvalue weighted by Gasteiger charge is 2.41. The quantitative estimate of drug-likeness (QED) is 0.748. The van der Waals surface area contributed by atoms with Crippen LogP contribution in [-0.2, 0) is 24.3 Å². The number of esters is 1. The van der Waals surface area contributed by atoms with Crippen molar-refractivity contribution in [3.05, 3.63) is 30.1 Å². The summed E-state index contributed by atoms with van der Waals surface area (Å²) in [6, 6.07) is 4.13. The molecule has 1 saturated heterocycles. The van der Waals surface area contributed by atoms with E-state index in [1.54, 1.807) is 0 Å². The highest BCUT2D eigenvalue weighted by molar-refractivity contribution is 7.89. The Morgan fingerprint density at radius 2 is 1.96 bits per heavy atom. The van der Waals surface area contributed by atoms with E-state index < -0.39 is 45.3 Å². The fourth-order valence-electron chi connectivity index (χ4n) is 2.77. The second kappa shape index (κ2) is 7.09. The molecule has 1 aromatic rings. The van der Waals surface area contributed by atoms with Gasteiger partial charge in [0.1, 0.15) is 16.8 Å². The molecule has 1 aromatic carbocycles. The molecule has 7 nitrogen and oxygen atoms in total. The normalized spacial score (nSPS) is 21.1. The summed E-state index contributed by atoms with van der Waals surface area (Å²) in [5.74, 6) is -2.06. The van der Waals surface area contributed by atoms with Crippen molar-refractivity contribution in [2.75, 3.05) is 13.2 Å². The lowest BCUT2D eigenvalue weighted by molar-refractivity contribution is -0.151. The zero-order valence-electron chi connectivity index (χ0n) is 13.5. The summed E-state index contributed by atoms with van der Waals surface area (Å²) in [5, 5.41) is 2.68. The predicted octanol–water partition coefficient (Wildman–Crippen LogP) is 0.801. The zero-order valence-corrected chi connectivity index (χ0v) is 14.3. The molecule has 0 spiro atoms. The van der Waals surface area contributed by atoms with Crippen molar-refractivity contribution >= 4 is 21.9 Å². The highest BCUT2D eigenvalue weighted by atomic mass is 32.2. The van der Waals surface area contributed by atoms with Crippen molar-refractivity contribution in [3.8, 4) is 0 Å². The number of carbonyl (C=O) groups is 2. The van der Waals surface area contributed by atoms with E-state index >= 15 is 0 Å². The monoisotopic (exact) mass is 370 g/mol. The van der Waals surface area contributed by atoms with Crippen molar-refractivity contribution in [1.29, 1.82) is 0 Å². The molecule has 25 heavy (non-hydrogen) atoms. The Morgan fingerprint density at radius 3 is 2.64 bits per heavy atom. The summed E-state index contributed by atoms with van der Waals surface area (Å²) >= 11 is 0. The van der Waals surface area contributed by atoms with Crippen LogP contribution < -0.4 is 5.32 Å².